The second-order valence-corrected chi connectivity index (χ2v) is 7.07. The molecule has 2 saturated heterocycles. The first kappa shape index (κ1) is 11.8. The van der Waals surface area contributed by atoms with Gasteiger partial charge in [-0.3, -0.25) is 4.79 Å². The molecule has 3 rings (SSSR count). The number of thioether (sulfide) groups is 1. The number of hydrogen-bond acceptors (Lipinski definition) is 3. The summed E-state index contributed by atoms with van der Waals surface area (Å²) in [5.74, 6) is 2.83. The van der Waals surface area contributed by atoms with Crippen LogP contribution >= 0.6 is 11.8 Å². The summed E-state index contributed by atoms with van der Waals surface area (Å²) in [6.07, 6.45) is 5.98. The maximum atomic E-state index is 12.4. The first-order valence-corrected chi connectivity index (χ1v) is 7.96. The lowest BCUT2D eigenvalue weighted by molar-refractivity contribution is -0.129. The molecular formula is C13H22N2OS. The summed E-state index contributed by atoms with van der Waals surface area (Å²) in [5, 5.41) is 0.256. The predicted octanol–water partition coefficient (Wildman–Crippen LogP) is 1.47. The average Bonchev–Trinajstić information content (AvgIpc) is 2.98. The number of rotatable bonds is 1. The van der Waals surface area contributed by atoms with Gasteiger partial charge in [-0.2, -0.15) is 0 Å². The van der Waals surface area contributed by atoms with Crippen LogP contribution in [0, 0.1) is 11.8 Å². The van der Waals surface area contributed by atoms with Crippen LogP contribution in [0.15, 0.2) is 0 Å². The molecule has 3 fully saturated rings. The van der Waals surface area contributed by atoms with Crippen LogP contribution in [-0.2, 0) is 4.79 Å². The lowest BCUT2D eigenvalue weighted by Crippen LogP contribution is -2.39. The maximum Gasteiger partial charge on any atom is 0.235 e. The van der Waals surface area contributed by atoms with Crippen LogP contribution in [0.5, 0.6) is 0 Å². The van der Waals surface area contributed by atoms with Crippen molar-refractivity contribution in [2.24, 2.45) is 17.6 Å². The van der Waals surface area contributed by atoms with Gasteiger partial charge in [-0.15, -0.1) is 11.8 Å². The van der Waals surface area contributed by atoms with Crippen LogP contribution in [0.3, 0.4) is 0 Å². The molecule has 0 bridgehead atoms. The highest BCUT2D eigenvalue weighted by Crippen LogP contribution is 2.37. The topological polar surface area (TPSA) is 46.3 Å². The zero-order valence-electron chi connectivity index (χ0n) is 10.3. The van der Waals surface area contributed by atoms with E-state index in [9.17, 15) is 4.79 Å². The van der Waals surface area contributed by atoms with Crippen LogP contribution in [0.1, 0.15) is 32.1 Å². The van der Waals surface area contributed by atoms with Crippen molar-refractivity contribution < 1.29 is 4.79 Å². The van der Waals surface area contributed by atoms with Crippen LogP contribution in [0.25, 0.3) is 0 Å². The smallest absolute Gasteiger partial charge is 0.235 e. The first-order chi connectivity index (χ1) is 8.25. The van der Waals surface area contributed by atoms with Crippen molar-refractivity contribution in [2.45, 2.75) is 43.4 Å². The molecule has 1 amide bonds. The van der Waals surface area contributed by atoms with Crippen molar-refractivity contribution in [3.8, 4) is 0 Å². The third-order valence-corrected chi connectivity index (χ3v) is 6.03. The molecular weight excluding hydrogens is 232 g/mol. The van der Waals surface area contributed by atoms with Gasteiger partial charge in [0.1, 0.15) is 0 Å². The molecule has 96 valence electrons. The van der Waals surface area contributed by atoms with Crippen LogP contribution < -0.4 is 5.73 Å². The Bertz CT molecular complexity index is 304. The summed E-state index contributed by atoms with van der Waals surface area (Å²) in [6.45, 7) is 1.91. The highest BCUT2D eigenvalue weighted by Gasteiger charge is 2.42. The van der Waals surface area contributed by atoms with E-state index >= 15 is 0 Å². The number of hydrogen-bond donors (Lipinski definition) is 1. The van der Waals surface area contributed by atoms with E-state index in [1.165, 1.54) is 19.3 Å². The van der Waals surface area contributed by atoms with Crippen LogP contribution in [0.4, 0.5) is 0 Å². The summed E-state index contributed by atoms with van der Waals surface area (Å²) in [4.78, 5) is 14.5. The number of carbonyl (C=O) groups excluding carboxylic acids is 1. The Morgan fingerprint density at radius 2 is 2.06 bits per heavy atom. The summed E-state index contributed by atoms with van der Waals surface area (Å²) < 4.78 is 0. The molecule has 1 aliphatic carbocycles. The largest absolute Gasteiger partial charge is 0.341 e. The van der Waals surface area contributed by atoms with E-state index in [-0.39, 0.29) is 5.25 Å². The van der Waals surface area contributed by atoms with E-state index < -0.39 is 0 Å². The van der Waals surface area contributed by atoms with Gasteiger partial charge in [-0.1, -0.05) is 6.42 Å². The minimum absolute atomic E-state index is 0.256. The Morgan fingerprint density at radius 1 is 1.18 bits per heavy atom. The number of carbonyl (C=O) groups is 1. The monoisotopic (exact) mass is 254 g/mol. The third kappa shape index (κ3) is 2.22. The molecule has 4 unspecified atom stereocenters. The van der Waals surface area contributed by atoms with Gasteiger partial charge < -0.3 is 10.6 Å². The molecule has 1 saturated carbocycles. The number of amides is 1. The second kappa shape index (κ2) is 4.81. The molecule has 0 radical (unpaired) electrons. The normalized spacial score (nSPS) is 41.6. The van der Waals surface area contributed by atoms with Crippen molar-refractivity contribution in [3.63, 3.8) is 0 Å². The summed E-state index contributed by atoms with van der Waals surface area (Å²) in [7, 11) is 0. The van der Waals surface area contributed by atoms with Gasteiger partial charge in [0.15, 0.2) is 0 Å². The molecule has 0 aromatic heterocycles. The fourth-order valence-corrected chi connectivity index (χ4v) is 4.92. The molecule has 2 heterocycles. The van der Waals surface area contributed by atoms with Gasteiger partial charge in [0.05, 0.1) is 5.25 Å². The van der Waals surface area contributed by atoms with E-state index in [4.69, 9.17) is 5.73 Å². The van der Waals surface area contributed by atoms with Gasteiger partial charge in [0.2, 0.25) is 5.91 Å². The number of likely N-dealkylation sites (tertiary alicyclic amines) is 1. The molecule has 17 heavy (non-hydrogen) atoms. The van der Waals surface area contributed by atoms with E-state index in [1.54, 1.807) is 0 Å². The van der Waals surface area contributed by atoms with E-state index in [0.29, 0.717) is 23.8 Å². The summed E-state index contributed by atoms with van der Waals surface area (Å²) >= 11 is 1.85. The Morgan fingerprint density at radius 3 is 2.76 bits per heavy atom. The van der Waals surface area contributed by atoms with Crippen molar-refractivity contribution >= 4 is 17.7 Å². The minimum atomic E-state index is 0.256. The molecule has 0 spiro atoms. The minimum Gasteiger partial charge on any atom is -0.341 e. The van der Waals surface area contributed by atoms with Gasteiger partial charge >= 0.3 is 0 Å². The Hall–Kier alpha value is -0.220. The fourth-order valence-electron chi connectivity index (χ4n) is 3.67. The average molecular weight is 254 g/mol. The van der Waals surface area contributed by atoms with Gasteiger partial charge in [-0.05, 0) is 43.3 Å². The third-order valence-electron chi connectivity index (χ3n) is 4.67. The van der Waals surface area contributed by atoms with Gasteiger partial charge in [0, 0.05) is 19.1 Å². The van der Waals surface area contributed by atoms with Crippen molar-refractivity contribution in [1.82, 2.24) is 4.90 Å². The van der Waals surface area contributed by atoms with E-state index in [1.807, 2.05) is 11.8 Å². The summed E-state index contributed by atoms with van der Waals surface area (Å²) in [5.41, 5.74) is 6.19. The molecule has 3 nitrogen and oxygen atoms in total. The molecule has 2 N–H and O–H groups in total. The first-order valence-electron chi connectivity index (χ1n) is 6.91. The quantitative estimate of drug-likeness (QED) is 0.771. The van der Waals surface area contributed by atoms with Crippen LogP contribution in [0.2, 0.25) is 0 Å². The second-order valence-electron chi connectivity index (χ2n) is 5.76. The molecule has 4 heteroatoms. The lowest BCUT2D eigenvalue weighted by Gasteiger charge is -2.29. The standard InChI is InChI=1S/C13H22N2OS/c14-11-4-1-3-9-7-15(8-10(9)11)13(16)12-5-2-6-17-12/h9-12H,1-8,14H2. The summed E-state index contributed by atoms with van der Waals surface area (Å²) in [6, 6.07) is 0.336. The maximum absolute atomic E-state index is 12.4. The SMILES string of the molecule is NC1CCCC2CN(C(=O)C3CCCS3)CC12. The van der Waals surface area contributed by atoms with E-state index in [2.05, 4.69) is 4.90 Å². The molecule has 2 aliphatic heterocycles. The number of nitrogens with zero attached hydrogens (tertiary/aromatic N) is 1. The predicted molar refractivity (Wildman–Crippen MR) is 70.9 cm³/mol. The molecule has 0 aromatic carbocycles. The number of fused-ring (bicyclic) bond motifs is 1. The van der Waals surface area contributed by atoms with Crippen molar-refractivity contribution in [3.05, 3.63) is 0 Å². The Labute approximate surface area is 107 Å². The van der Waals surface area contributed by atoms with Gasteiger partial charge in [-0.25, -0.2) is 0 Å². The highest BCUT2D eigenvalue weighted by molar-refractivity contribution is 8.00. The van der Waals surface area contributed by atoms with Crippen LogP contribution in [-0.4, -0.2) is 40.9 Å². The highest BCUT2D eigenvalue weighted by atomic mass is 32.2. The van der Waals surface area contributed by atoms with E-state index in [0.717, 1.165) is 31.7 Å². The fraction of sp³-hybridized carbons (Fsp3) is 0.923. The zero-order chi connectivity index (χ0) is 11.8. The Kier molecular flexibility index (Phi) is 3.35. The molecule has 4 atom stereocenters. The van der Waals surface area contributed by atoms with Gasteiger partial charge in [0.25, 0.3) is 0 Å². The Balaban J connectivity index is 1.64. The van der Waals surface area contributed by atoms with Crippen molar-refractivity contribution in [1.29, 1.82) is 0 Å². The lowest BCUT2D eigenvalue weighted by atomic mass is 9.78. The number of nitrogens with two attached hydrogens (primary N) is 1. The van der Waals surface area contributed by atoms with Crippen molar-refractivity contribution in [2.75, 3.05) is 18.8 Å². The molecule has 0 aromatic rings. The molecule has 3 aliphatic rings. The zero-order valence-corrected chi connectivity index (χ0v) is 11.1.